The zero-order valence-corrected chi connectivity index (χ0v) is 9.85. The summed E-state index contributed by atoms with van der Waals surface area (Å²) < 4.78 is 31.8. The van der Waals surface area contributed by atoms with E-state index in [1.165, 1.54) is 4.68 Å². The van der Waals surface area contributed by atoms with Crippen LogP contribution < -0.4 is 9.46 Å². The summed E-state index contributed by atoms with van der Waals surface area (Å²) in [6.07, 6.45) is 0. The molecule has 1 aliphatic heterocycles. The number of nitrogens with zero attached hydrogens (tertiary/aromatic N) is 2. The molecular formula is C9H13N3O4S. The molecule has 0 aromatic carbocycles. The Labute approximate surface area is 98.8 Å². The van der Waals surface area contributed by atoms with Gasteiger partial charge >= 0.3 is 0 Å². The van der Waals surface area contributed by atoms with Gasteiger partial charge in [0.1, 0.15) is 6.61 Å². The van der Waals surface area contributed by atoms with E-state index in [1.54, 1.807) is 6.07 Å². The Bertz CT molecular complexity index is 522. The van der Waals surface area contributed by atoms with Crippen LogP contribution in [0.3, 0.4) is 0 Å². The molecule has 1 atom stereocenters. The molecule has 0 radical (unpaired) electrons. The van der Waals surface area contributed by atoms with Crippen molar-refractivity contribution < 1.29 is 18.3 Å². The highest BCUT2D eigenvalue weighted by atomic mass is 32.2. The van der Waals surface area contributed by atoms with E-state index in [0.29, 0.717) is 18.1 Å². The minimum absolute atomic E-state index is 0.174. The van der Waals surface area contributed by atoms with Gasteiger partial charge in [-0.1, -0.05) is 6.58 Å². The van der Waals surface area contributed by atoms with Gasteiger partial charge in [-0.2, -0.15) is 5.10 Å². The molecule has 0 saturated heterocycles. The van der Waals surface area contributed by atoms with Crippen molar-refractivity contribution in [3.8, 4) is 5.88 Å². The highest BCUT2D eigenvalue weighted by molar-refractivity contribution is 7.92. The number of hydrogen-bond acceptors (Lipinski definition) is 5. The zero-order valence-electron chi connectivity index (χ0n) is 9.04. The molecule has 0 amide bonds. The standard InChI is InChI=1S/C9H13N3O4S/c1-2-17(14,15)11-8-4-12-9(16-6-8)3-7(5-13)10-12/h2-3,8,11,13H,1,4-6H2. The molecule has 0 bridgehead atoms. The normalized spacial score (nSPS) is 19.5. The Morgan fingerprint density at radius 3 is 3.18 bits per heavy atom. The number of fused-ring (bicyclic) bond motifs is 1. The number of ether oxygens (including phenoxy) is 1. The Morgan fingerprint density at radius 2 is 2.53 bits per heavy atom. The van der Waals surface area contributed by atoms with Crippen LogP contribution >= 0.6 is 0 Å². The number of aliphatic hydroxyl groups is 1. The summed E-state index contributed by atoms with van der Waals surface area (Å²) >= 11 is 0. The first-order valence-electron chi connectivity index (χ1n) is 4.99. The van der Waals surface area contributed by atoms with Crippen LogP contribution in [0.5, 0.6) is 5.88 Å². The van der Waals surface area contributed by atoms with Gasteiger partial charge in [0.15, 0.2) is 0 Å². The average molecular weight is 259 g/mol. The van der Waals surface area contributed by atoms with Crippen molar-refractivity contribution >= 4 is 10.0 Å². The Balaban J connectivity index is 2.10. The molecule has 0 saturated carbocycles. The van der Waals surface area contributed by atoms with Gasteiger partial charge in [-0.15, -0.1) is 0 Å². The quantitative estimate of drug-likeness (QED) is 0.738. The van der Waals surface area contributed by atoms with E-state index in [0.717, 1.165) is 5.41 Å². The highest BCUT2D eigenvalue weighted by Gasteiger charge is 2.24. The van der Waals surface area contributed by atoms with E-state index in [-0.39, 0.29) is 13.2 Å². The first-order valence-corrected chi connectivity index (χ1v) is 6.54. The lowest BCUT2D eigenvalue weighted by Gasteiger charge is -2.23. The first-order chi connectivity index (χ1) is 8.04. The number of aliphatic hydroxyl groups excluding tert-OH is 1. The van der Waals surface area contributed by atoms with E-state index >= 15 is 0 Å². The third kappa shape index (κ3) is 2.65. The molecule has 0 spiro atoms. The minimum atomic E-state index is -3.48. The van der Waals surface area contributed by atoms with Gasteiger partial charge in [-0.3, -0.25) is 0 Å². The van der Waals surface area contributed by atoms with Gasteiger partial charge in [0.25, 0.3) is 0 Å². The number of hydrogen-bond donors (Lipinski definition) is 2. The highest BCUT2D eigenvalue weighted by Crippen LogP contribution is 2.18. The molecule has 8 heteroatoms. The number of rotatable bonds is 4. The lowest BCUT2D eigenvalue weighted by Crippen LogP contribution is -2.44. The monoisotopic (exact) mass is 259 g/mol. The van der Waals surface area contributed by atoms with E-state index in [9.17, 15) is 8.42 Å². The maximum atomic E-state index is 11.3. The molecule has 2 heterocycles. The van der Waals surface area contributed by atoms with Crippen molar-refractivity contribution in [2.24, 2.45) is 0 Å². The molecule has 94 valence electrons. The van der Waals surface area contributed by atoms with Crippen molar-refractivity contribution in [1.82, 2.24) is 14.5 Å². The van der Waals surface area contributed by atoms with Crippen LogP contribution in [0.1, 0.15) is 5.69 Å². The molecule has 2 N–H and O–H groups in total. The second-order valence-corrected chi connectivity index (χ2v) is 5.31. The zero-order chi connectivity index (χ0) is 12.5. The Morgan fingerprint density at radius 1 is 1.76 bits per heavy atom. The average Bonchev–Trinajstić information content (AvgIpc) is 2.70. The summed E-state index contributed by atoms with van der Waals surface area (Å²) in [7, 11) is -3.48. The van der Waals surface area contributed by atoms with Gasteiger partial charge in [0, 0.05) is 11.5 Å². The molecule has 1 aromatic rings. The smallest absolute Gasteiger partial charge is 0.233 e. The largest absolute Gasteiger partial charge is 0.476 e. The third-order valence-corrected chi connectivity index (χ3v) is 3.43. The van der Waals surface area contributed by atoms with Crippen LogP contribution in [-0.2, 0) is 23.2 Å². The molecule has 0 aliphatic carbocycles. The van der Waals surface area contributed by atoms with E-state index in [4.69, 9.17) is 9.84 Å². The topological polar surface area (TPSA) is 93.5 Å². The summed E-state index contributed by atoms with van der Waals surface area (Å²) in [5.74, 6) is 0.531. The van der Waals surface area contributed by atoms with Gasteiger partial charge < -0.3 is 9.84 Å². The van der Waals surface area contributed by atoms with Crippen LogP contribution in [0.15, 0.2) is 18.1 Å². The molecule has 1 aromatic heterocycles. The second kappa shape index (κ2) is 4.47. The van der Waals surface area contributed by atoms with Crippen molar-refractivity contribution in [3.05, 3.63) is 23.7 Å². The fraction of sp³-hybridized carbons (Fsp3) is 0.444. The van der Waals surface area contributed by atoms with E-state index < -0.39 is 16.1 Å². The third-order valence-electron chi connectivity index (χ3n) is 2.33. The molecule has 1 aliphatic rings. The maximum Gasteiger partial charge on any atom is 0.233 e. The second-order valence-electron chi connectivity index (χ2n) is 3.65. The molecule has 0 fully saturated rings. The predicted octanol–water partition coefficient (Wildman–Crippen LogP) is -0.801. The Hall–Kier alpha value is -1.38. The van der Waals surface area contributed by atoms with Crippen molar-refractivity contribution in [2.75, 3.05) is 6.61 Å². The summed E-state index contributed by atoms with van der Waals surface area (Å²) in [6, 6.07) is 1.23. The van der Waals surface area contributed by atoms with Gasteiger partial charge in [0.05, 0.1) is 24.9 Å². The molecule has 17 heavy (non-hydrogen) atoms. The summed E-state index contributed by atoms with van der Waals surface area (Å²) in [6.45, 7) is 3.63. The van der Waals surface area contributed by atoms with Crippen LogP contribution in [0.2, 0.25) is 0 Å². The van der Waals surface area contributed by atoms with Gasteiger partial charge in [-0.05, 0) is 0 Å². The van der Waals surface area contributed by atoms with Crippen LogP contribution in [0.25, 0.3) is 0 Å². The number of sulfonamides is 1. The minimum Gasteiger partial charge on any atom is -0.476 e. The first kappa shape index (κ1) is 12.1. The SMILES string of the molecule is C=CS(=O)(=O)NC1COc2cc(CO)nn2C1. The summed E-state index contributed by atoms with van der Waals surface area (Å²) in [5, 5.41) is 13.8. The summed E-state index contributed by atoms with van der Waals surface area (Å²) in [5.41, 5.74) is 0.493. The van der Waals surface area contributed by atoms with Crippen molar-refractivity contribution in [3.63, 3.8) is 0 Å². The van der Waals surface area contributed by atoms with Gasteiger partial charge in [-0.25, -0.2) is 17.8 Å². The predicted molar refractivity (Wildman–Crippen MR) is 59.7 cm³/mol. The van der Waals surface area contributed by atoms with E-state index in [1.807, 2.05) is 0 Å². The fourth-order valence-electron chi connectivity index (χ4n) is 1.57. The maximum absolute atomic E-state index is 11.3. The van der Waals surface area contributed by atoms with Crippen LogP contribution in [0, 0.1) is 0 Å². The lowest BCUT2D eigenvalue weighted by molar-refractivity contribution is 0.196. The molecule has 2 rings (SSSR count). The van der Waals surface area contributed by atoms with Crippen LogP contribution in [0.4, 0.5) is 0 Å². The van der Waals surface area contributed by atoms with Crippen LogP contribution in [-0.4, -0.2) is 36.0 Å². The fourth-order valence-corrected chi connectivity index (χ4v) is 2.28. The number of nitrogens with one attached hydrogen (secondary N) is 1. The summed E-state index contributed by atoms with van der Waals surface area (Å²) in [4.78, 5) is 0. The van der Waals surface area contributed by atoms with Crippen molar-refractivity contribution in [1.29, 1.82) is 0 Å². The Kier molecular flexibility index (Phi) is 3.18. The number of aromatic nitrogens is 2. The molecular weight excluding hydrogens is 246 g/mol. The molecule has 7 nitrogen and oxygen atoms in total. The lowest BCUT2D eigenvalue weighted by atomic mass is 10.3. The van der Waals surface area contributed by atoms with Gasteiger partial charge in [0.2, 0.25) is 15.9 Å². The van der Waals surface area contributed by atoms with Crippen molar-refractivity contribution in [2.45, 2.75) is 19.2 Å². The van der Waals surface area contributed by atoms with E-state index in [2.05, 4.69) is 16.4 Å². The molecule has 1 unspecified atom stereocenters.